The zero-order chi connectivity index (χ0) is 17.8. The van der Waals surface area contributed by atoms with Crippen molar-refractivity contribution in [3.05, 3.63) is 57.8 Å². The van der Waals surface area contributed by atoms with E-state index < -0.39 is 0 Å². The van der Waals surface area contributed by atoms with Crippen LogP contribution in [-0.4, -0.2) is 50.3 Å². The quantitative estimate of drug-likeness (QED) is 0.879. The Kier molecular flexibility index (Phi) is 5.34. The van der Waals surface area contributed by atoms with Gasteiger partial charge in [-0.3, -0.25) is 9.69 Å². The molecule has 1 fully saturated rings. The number of fused-ring (bicyclic) bond motifs is 1. The Hall–Kier alpha value is -2.15. The summed E-state index contributed by atoms with van der Waals surface area (Å²) in [5.74, 6) is 0.767. The Balaban J connectivity index is 1.44. The lowest BCUT2D eigenvalue weighted by Gasteiger charge is -2.34. The molecule has 4 rings (SSSR count). The van der Waals surface area contributed by atoms with Crippen LogP contribution < -0.4 is 10.1 Å². The van der Waals surface area contributed by atoms with E-state index in [1.54, 1.807) is 11.3 Å². The number of morpholine rings is 1. The van der Waals surface area contributed by atoms with Crippen molar-refractivity contribution in [2.75, 3.05) is 39.5 Å². The molecule has 0 radical (unpaired) electrons. The third-order valence-corrected chi connectivity index (χ3v) is 5.71. The summed E-state index contributed by atoms with van der Waals surface area (Å²) in [6, 6.07) is 12.1. The van der Waals surface area contributed by atoms with E-state index in [0.29, 0.717) is 18.7 Å². The topological polar surface area (TPSA) is 50.8 Å². The van der Waals surface area contributed by atoms with Crippen LogP contribution in [0.15, 0.2) is 47.4 Å². The molecule has 2 aliphatic rings. The molecule has 0 bridgehead atoms. The van der Waals surface area contributed by atoms with Crippen molar-refractivity contribution in [3.8, 4) is 5.75 Å². The van der Waals surface area contributed by atoms with Crippen LogP contribution in [0.4, 0.5) is 0 Å². The van der Waals surface area contributed by atoms with Crippen LogP contribution in [0.2, 0.25) is 0 Å². The summed E-state index contributed by atoms with van der Waals surface area (Å²) < 4.78 is 11.2. The van der Waals surface area contributed by atoms with Crippen molar-refractivity contribution in [2.45, 2.75) is 6.04 Å². The number of ether oxygens (including phenoxy) is 2. The van der Waals surface area contributed by atoms with Crippen LogP contribution in [0.1, 0.15) is 16.5 Å². The monoisotopic (exact) mass is 370 g/mol. The van der Waals surface area contributed by atoms with Gasteiger partial charge >= 0.3 is 0 Å². The maximum Gasteiger partial charge on any atom is 0.250 e. The van der Waals surface area contributed by atoms with Crippen molar-refractivity contribution in [3.63, 3.8) is 0 Å². The summed E-state index contributed by atoms with van der Waals surface area (Å²) in [5, 5.41) is 5.19. The SMILES string of the molecule is O=C(NC[C@@H](c1cccs1)N1CCOCC1)C1=Cc2ccccc2OC1. The highest BCUT2D eigenvalue weighted by Gasteiger charge is 2.25. The number of benzene rings is 1. The number of amides is 1. The van der Waals surface area contributed by atoms with Gasteiger partial charge in [-0.1, -0.05) is 24.3 Å². The molecule has 1 aromatic carbocycles. The molecule has 0 spiro atoms. The van der Waals surface area contributed by atoms with Gasteiger partial charge in [0.1, 0.15) is 12.4 Å². The standard InChI is InChI=1S/C20H22N2O3S/c23-20(16-12-15-4-1-2-5-18(15)25-14-16)21-13-17(19-6-3-11-26-19)22-7-9-24-10-8-22/h1-6,11-12,17H,7-10,13-14H2,(H,21,23)/t17-/m0/s1. The van der Waals surface area contributed by atoms with Gasteiger partial charge < -0.3 is 14.8 Å². The fraction of sp³-hybridized carbons (Fsp3) is 0.350. The number of para-hydroxylation sites is 1. The van der Waals surface area contributed by atoms with Crippen molar-refractivity contribution in [1.29, 1.82) is 0 Å². The molecular formula is C20H22N2O3S. The highest BCUT2D eigenvalue weighted by Crippen LogP contribution is 2.27. The molecular weight excluding hydrogens is 348 g/mol. The lowest BCUT2D eigenvalue weighted by Crippen LogP contribution is -2.44. The second kappa shape index (κ2) is 8.03. The number of nitrogens with zero attached hydrogens (tertiary/aromatic N) is 1. The Morgan fingerprint density at radius 1 is 1.19 bits per heavy atom. The van der Waals surface area contributed by atoms with Gasteiger partial charge in [0.15, 0.2) is 0 Å². The first-order chi connectivity index (χ1) is 12.8. The van der Waals surface area contributed by atoms with Gasteiger partial charge in [0.05, 0.1) is 24.8 Å². The molecule has 26 heavy (non-hydrogen) atoms. The first-order valence-electron chi connectivity index (χ1n) is 8.87. The maximum atomic E-state index is 12.7. The molecule has 0 aliphatic carbocycles. The van der Waals surface area contributed by atoms with E-state index in [1.165, 1.54) is 4.88 Å². The summed E-state index contributed by atoms with van der Waals surface area (Å²) in [7, 11) is 0. The van der Waals surface area contributed by atoms with E-state index in [2.05, 4.69) is 27.7 Å². The number of hydrogen-bond acceptors (Lipinski definition) is 5. The molecule has 1 aromatic heterocycles. The summed E-state index contributed by atoms with van der Waals surface area (Å²) in [6.45, 7) is 4.15. The molecule has 1 amide bonds. The lowest BCUT2D eigenvalue weighted by atomic mass is 10.1. The van der Waals surface area contributed by atoms with Gasteiger partial charge in [-0.2, -0.15) is 0 Å². The summed E-state index contributed by atoms with van der Waals surface area (Å²) in [4.78, 5) is 16.3. The van der Waals surface area contributed by atoms with Crippen LogP contribution in [-0.2, 0) is 9.53 Å². The van der Waals surface area contributed by atoms with Gasteiger partial charge in [0.2, 0.25) is 0 Å². The van der Waals surface area contributed by atoms with Crippen molar-refractivity contribution < 1.29 is 14.3 Å². The summed E-state index contributed by atoms with van der Waals surface area (Å²) >= 11 is 1.73. The smallest absolute Gasteiger partial charge is 0.250 e. The number of rotatable bonds is 5. The van der Waals surface area contributed by atoms with Crippen LogP contribution in [0.3, 0.4) is 0 Å². The highest BCUT2D eigenvalue weighted by molar-refractivity contribution is 7.10. The van der Waals surface area contributed by atoms with E-state index in [1.807, 2.05) is 30.3 Å². The van der Waals surface area contributed by atoms with E-state index in [-0.39, 0.29) is 11.9 Å². The second-order valence-corrected chi connectivity index (χ2v) is 7.36. The van der Waals surface area contributed by atoms with Crippen LogP contribution in [0.5, 0.6) is 5.75 Å². The zero-order valence-corrected chi connectivity index (χ0v) is 15.3. The maximum absolute atomic E-state index is 12.7. The fourth-order valence-corrected chi connectivity index (χ4v) is 4.19. The first kappa shape index (κ1) is 17.3. The summed E-state index contributed by atoms with van der Waals surface area (Å²) in [5.41, 5.74) is 1.61. The predicted octanol–water partition coefficient (Wildman–Crippen LogP) is 2.71. The van der Waals surface area contributed by atoms with Crippen LogP contribution in [0.25, 0.3) is 6.08 Å². The van der Waals surface area contributed by atoms with E-state index in [4.69, 9.17) is 9.47 Å². The number of carbonyl (C=O) groups excluding carboxylic acids is 1. The minimum Gasteiger partial charge on any atom is -0.488 e. The lowest BCUT2D eigenvalue weighted by molar-refractivity contribution is -0.118. The molecule has 1 atom stereocenters. The summed E-state index contributed by atoms with van der Waals surface area (Å²) in [6.07, 6.45) is 1.92. The number of thiophene rings is 1. The molecule has 5 nitrogen and oxygen atoms in total. The molecule has 3 heterocycles. The average Bonchev–Trinajstić information content (AvgIpc) is 3.23. The molecule has 2 aromatic rings. The molecule has 0 unspecified atom stereocenters. The predicted molar refractivity (Wildman–Crippen MR) is 102 cm³/mol. The van der Waals surface area contributed by atoms with Gasteiger partial charge in [-0.05, 0) is 23.6 Å². The van der Waals surface area contributed by atoms with Gasteiger partial charge in [-0.15, -0.1) is 11.3 Å². The Labute approximate surface area is 157 Å². The first-order valence-corrected chi connectivity index (χ1v) is 9.75. The van der Waals surface area contributed by atoms with Gasteiger partial charge in [0.25, 0.3) is 5.91 Å². The van der Waals surface area contributed by atoms with Crippen LogP contribution in [0, 0.1) is 0 Å². The van der Waals surface area contributed by atoms with Crippen molar-refractivity contribution >= 4 is 23.3 Å². The Morgan fingerprint density at radius 2 is 2.04 bits per heavy atom. The van der Waals surface area contributed by atoms with Gasteiger partial charge in [0, 0.05) is 30.1 Å². The fourth-order valence-electron chi connectivity index (χ4n) is 3.33. The highest BCUT2D eigenvalue weighted by atomic mass is 32.1. The average molecular weight is 370 g/mol. The Morgan fingerprint density at radius 3 is 2.85 bits per heavy atom. The molecule has 2 aliphatic heterocycles. The van der Waals surface area contributed by atoms with Crippen molar-refractivity contribution in [1.82, 2.24) is 10.2 Å². The largest absolute Gasteiger partial charge is 0.488 e. The molecule has 6 heteroatoms. The minimum absolute atomic E-state index is 0.0608. The Bertz CT molecular complexity index is 782. The second-order valence-electron chi connectivity index (χ2n) is 6.39. The van der Waals surface area contributed by atoms with Crippen LogP contribution >= 0.6 is 11.3 Å². The third kappa shape index (κ3) is 3.82. The number of nitrogens with one attached hydrogen (secondary N) is 1. The molecule has 1 N–H and O–H groups in total. The molecule has 1 saturated heterocycles. The zero-order valence-electron chi connectivity index (χ0n) is 14.5. The normalized spacial score (nSPS) is 18.4. The number of hydrogen-bond donors (Lipinski definition) is 1. The third-order valence-electron chi connectivity index (χ3n) is 4.74. The van der Waals surface area contributed by atoms with Crippen molar-refractivity contribution in [2.24, 2.45) is 0 Å². The van der Waals surface area contributed by atoms with E-state index in [0.717, 1.165) is 37.6 Å². The number of carbonyl (C=O) groups is 1. The van der Waals surface area contributed by atoms with E-state index >= 15 is 0 Å². The van der Waals surface area contributed by atoms with Gasteiger partial charge in [-0.25, -0.2) is 0 Å². The molecule has 0 saturated carbocycles. The minimum atomic E-state index is -0.0608. The molecule has 136 valence electrons. The van der Waals surface area contributed by atoms with E-state index in [9.17, 15) is 4.79 Å².